The van der Waals surface area contributed by atoms with Crippen LogP contribution in [0, 0.1) is 0 Å². The highest BCUT2D eigenvalue weighted by Crippen LogP contribution is 2.36. The van der Waals surface area contributed by atoms with E-state index >= 15 is 0 Å². The lowest BCUT2D eigenvalue weighted by Gasteiger charge is -2.12. The number of carbonyl (C=O) groups is 1. The van der Waals surface area contributed by atoms with E-state index < -0.39 is 17.6 Å². The van der Waals surface area contributed by atoms with Crippen molar-refractivity contribution in [2.24, 2.45) is 0 Å². The largest absolute Gasteiger partial charge is 0.417 e. The van der Waals surface area contributed by atoms with Crippen LogP contribution in [0.4, 0.5) is 19.0 Å². The van der Waals surface area contributed by atoms with E-state index in [1.54, 1.807) is 0 Å². The topological polar surface area (TPSA) is 85.1 Å². The molecule has 1 N–H and O–H groups in total. The molecule has 0 fully saturated rings. The Labute approximate surface area is 155 Å². The number of hydrogen-bond donors (Lipinski definition) is 1. The summed E-state index contributed by atoms with van der Waals surface area (Å²) in [6, 6.07) is 6.53. The van der Waals surface area contributed by atoms with E-state index in [1.807, 2.05) is 0 Å². The number of nitrogens with zero attached hydrogens (tertiary/aromatic N) is 5. The van der Waals surface area contributed by atoms with Crippen molar-refractivity contribution >= 4 is 17.4 Å². The van der Waals surface area contributed by atoms with E-state index in [9.17, 15) is 18.0 Å². The van der Waals surface area contributed by atoms with Gasteiger partial charge in [-0.1, -0.05) is 18.2 Å². The Bertz CT molecular complexity index is 1160. The van der Waals surface area contributed by atoms with E-state index in [0.717, 1.165) is 6.07 Å². The van der Waals surface area contributed by atoms with Crippen molar-refractivity contribution in [3.63, 3.8) is 0 Å². The molecule has 0 aliphatic heterocycles. The predicted molar refractivity (Wildman–Crippen MR) is 93.4 cm³/mol. The van der Waals surface area contributed by atoms with Crippen molar-refractivity contribution in [1.82, 2.24) is 24.6 Å². The fourth-order valence-corrected chi connectivity index (χ4v) is 2.68. The lowest BCUT2D eigenvalue weighted by atomic mass is 10.0. The quantitative estimate of drug-likeness (QED) is 0.585. The summed E-state index contributed by atoms with van der Waals surface area (Å²) in [4.78, 5) is 24.5. The number of halogens is 3. The first-order valence-corrected chi connectivity index (χ1v) is 8.02. The van der Waals surface area contributed by atoms with Crippen molar-refractivity contribution in [2.45, 2.75) is 6.18 Å². The molecule has 0 bridgehead atoms. The van der Waals surface area contributed by atoms with Gasteiger partial charge in [0, 0.05) is 24.2 Å². The molecule has 0 spiro atoms. The molecule has 140 valence electrons. The normalized spacial score (nSPS) is 11.5. The van der Waals surface area contributed by atoms with Gasteiger partial charge in [0.1, 0.15) is 5.56 Å². The average Bonchev–Trinajstić information content (AvgIpc) is 3.11. The molecule has 7 nitrogen and oxygen atoms in total. The van der Waals surface area contributed by atoms with Gasteiger partial charge >= 0.3 is 6.18 Å². The summed E-state index contributed by atoms with van der Waals surface area (Å²) in [5, 5.41) is 6.57. The molecule has 0 saturated carbocycles. The molecule has 3 heterocycles. The number of anilines is 1. The summed E-state index contributed by atoms with van der Waals surface area (Å²) in [5.41, 5.74) is -0.599. The highest BCUT2D eigenvalue weighted by Gasteiger charge is 2.33. The second-order valence-corrected chi connectivity index (χ2v) is 5.73. The third-order valence-corrected chi connectivity index (χ3v) is 3.93. The highest BCUT2D eigenvalue weighted by atomic mass is 19.4. The summed E-state index contributed by atoms with van der Waals surface area (Å²) in [6.45, 7) is 0. The van der Waals surface area contributed by atoms with Crippen LogP contribution in [0.25, 0.3) is 16.9 Å². The van der Waals surface area contributed by atoms with Crippen molar-refractivity contribution in [3.05, 3.63) is 72.4 Å². The predicted octanol–water partition coefficient (Wildman–Crippen LogP) is 3.46. The lowest BCUT2D eigenvalue weighted by molar-refractivity contribution is -0.137. The molecule has 0 aliphatic carbocycles. The molecule has 0 aliphatic rings. The van der Waals surface area contributed by atoms with Gasteiger partial charge in [0.15, 0.2) is 11.5 Å². The molecule has 0 unspecified atom stereocenters. The SMILES string of the molecule is O=C(Nc1cnccn1)c1cnn2ccc(-c3ccccc3C(F)(F)F)nc12. The van der Waals surface area contributed by atoms with Crippen LogP contribution in [0.15, 0.2) is 61.3 Å². The van der Waals surface area contributed by atoms with Gasteiger partial charge in [-0.05, 0) is 12.1 Å². The first kappa shape index (κ1) is 17.6. The minimum absolute atomic E-state index is 0.0782. The standard InChI is InChI=1S/C18H11F3N6O/c19-18(20,21)13-4-2-1-3-11(13)14-5-8-27-16(25-14)12(9-24-27)17(28)26-15-10-22-6-7-23-15/h1-10H,(H,23,26,28). The molecular weight excluding hydrogens is 373 g/mol. The number of nitrogens with one attached hydrogen (secondary N) is 1. The Morgan fingerprint density at radius 2 is 1.89 bits per heavy atom. The molecule has 0 atom stereocenters. The minimum Gasteiger partial charge on any atom is -0.305 e. The Hall–Kier alpha value is -3.82. The van der Waals surface area contributed by atoms with Gasteiger partial charge in [0.25, 0.3) is 5.91 Å². The average molecular weight is 384 g/mol. The molecule has 28 heavy (non-hydrogen) atoms. The van der Waals surface area contributed by atoms with Crippen LogP contribution in [0.5, 0.6) is 0 Å². The second-order valence-electron chi connectivity index (χ2n) is 5.73. The molecule has 0 saturated heterocycles. The Morgan fingerprint density at radius 3 is 2.64 bits per heavy atom. The van der Waals surface area contributed by atoms with Gasteiger partial charge in [0.05, 0.1) is 23.7 Å². The van der Waals surface area contributed by atoms with Crippen LogP contribution in [0.2, 0.25) is 0 Å². The van der Waals surface area contributed by atoms with E-state index in [2.05, 4.69) is 25.4 Å². The molecule has 4 rings (SSSR count). The summed E-state index contributed by atoms with van der Waals surface area (Å²) in [6.07, 6.45) is 2.43. The fourth-order valence-electron chi connectivity index (χ4n) is 2.68. The van der Waals surface area contributed by atoms with Crippen LogP contribution < -0.4 is 5.32 Å². The van der Waals surface area contributed by atoms with Gasteiger partial charge in [-0.15, -0.1) is 0 Å². The summed E-state index contributed by atoms with van der Waals surface area (Å²) in [5.74, 6) is -0.324. The van der Waals surface area contributed by atoms with Crippen LogP contribution in [-0.2, 0) is 6.18 Å². The van der Waals surface area contributed by atoms with E-state index in [1.165, 1.54) is 59.8 Å². The Kier molecular flexibility index (Phi) is 4.22. The Morgan fingerprint density at radius 1 is 1.07 bits per heavy atom. The number of hydrogen-bond acceptors (Lipinski definition) is 5. The van der Waals surface area contributed by atoms with E-state index in [0.29, 0.717) is 0 Å². The molecule has 10 heteroatoms. The zero-order chi connectivity index (χ0) is 19.7. The van der Waals surface area contributed by atoms with Gasteiger partial charge in [-0.25, -0.2) is 14.5 Å². The second kappa shape index (κ2) is 6.72. The van der Waals surface area contributed by atoms with Crippen molar-refractivity contribution < 1.29 is 18.0 Å². The van der Waals surface area contributed by atoms with Crippen LogP contribution >= 0.6 is 0 Å². The summed E-state index contributed by atoms with van der Waals surface area (Å²) in [7, 11) is 0. The third kappa shape index (κ3) is 3.27. The van der Waals surface area contributed by atoms with Crippen molar-refractivity contribution in [1.29, 1.82) is 0 Å². The molecule has 3 aromatic heterocycles. The minimum atomic E-state index is -4.53. The van der Waals surface area contributed by atoms with Gasteiger partial charge < -0.3 is 5.32 Å². The van der Waals surface area contributed by atoms with Gasteiger partial charge in [0.2, 0.25) is 0 Å². The maximum Gasteiger partial charge on any atom is 0.417 e. The van der Waals surface area contributed by atoms with Crippen LogP contribution in [0.3, 0.4) is 0 Å². The van der Waals surface area contributed by atoms with Crippen molar-refractivity contribution in [3.8, 4) is 11.3 Å². The highest BCUT2D eigenvalue weighted by molar-refractivity contribution is 6.07. The smallest absolute Gasteiger partial charge is 0.305 e. The number of aromatic nitrogens is 5. The van der Waals surface area contributed by atoms with Crippen LogP contribution in [0.1, 0.15) is 15.9 Å². The maximum atomic E-state index is 13.3. The zero-order valence-corrected chi connectivity index (χ0v) is 14.1. The number of fused-ring (bicyclic) bond motifs is 1. The molecule has 0 radical (unpaired) electrons. The molecule has 4 aromatic rings. The maximum absolute atomic E-state index is 13.3. The fraction of sp³-hybridized carbons (Fsp3) is 0.0556. The number of benzene rings is 1. The number of carbonyl (C=O) groups excluding carboxylic acids is 1. The zero-order valence-electron chi connectivity index (χ0n) is 14.1. The van der Waals surface area contributed by atoms with Crippen LogP contribution in [-0.4, -0.2) is 30.5 Å². The number of rotatable bonds is 3. The molecular formula is C18H11F3N6O. The van der Waals surface area contributed by atoms with E-state index in [4.69, 9.17) is 0 Å². The van der Waals surface area contributed by atoms with E-state index in [-0.39, 0.29) is 28.3 Å². The Balaban J connectivity index is 1.77. The first-order valence-electron chi connectivity index (χ1n) is 8.02. The lowest BCUT2D eigenvalue weighted by Crippen LogP contribution is -2.13. The van der Waals surface area contributed by atoms with Gasteiger partial charge in [-0.3, -0.25) is 9.78 Å². The molecule has 1 aromatic carbocycles. The van der Waals surface area contributed by atoms with Crippen molar-refractivity contribution in [2.75, 3.05) is 5.32 Å². The number of amides is 1. The third-order valence-electron chi connectivity index (χ3n) is 3.93. The first-order chi connectivity index (χ1) is 13.4. The molecule has 1 amide bonds. The summed E-state index contributed by atoms with van der Waals surface area (Å²) < 4.78 is 41.3. The van der Waals surface area contributed by atoms with Gasteiger partial charge in [-0.2, -0.15) is 18.3 Å². The number of alkyl halides is 3. The summed E-state index contributed by atoms with van der Waals surface area (Å²) >= 11 is 0. The monoisotopic (exact) mass is 384 g/mol.